The van der Waals surface area contributed by atoms with Crippen molar-refractivity contribution in [3.63, 3.8) is 0 Å². The van der Waals surface area contributed by atoms with Gasteiger partial charge in [0, 0.05) is 19.7 Å². The van der Waals surface area contributed by atoms with Gasteiger partial charge in [-0.25, -0.2) is 9.97 Å². The summed E-state index contributed by atoms with van der Waals surface area (Å²) in [5.41, 5.74) is 0. The Balaban J connectivity index is 2.93. The molecule has 76 valence electrons. The van der Waals surface area contributed by atoms with Gasteiger partial charge in [0.05, 0.1) is 0 Å². The molecule has 0 atom stereocenters. The number of rotatable bonds is 3. The molecule has 1 heterocycles. The van der Waals surface area contributed by atoms with E-state index >= 15 is 0 Å². The maximum Gasteiger partial charge on any atom is 0.225 e. The van der Waals surface area contributed by atoms with Crippen LogP contribution in [0.25, 0.3) is 0 Å². The van der Waals surface area contributed by atoms with E-state index in [4.69, 9.17) is 0 Å². The zero-order valence-corrected chi connectivity index (χ0v) is 8.82. The second kappa shape index (κ2) is 4.69. The van der Waals surface area contributed by atoms with Crippen molar-refractivity contribution in [2.24, 2.45) is 0 Å². The van der Waals surface area contributed by atoms with Crippen LogP contribution in [0.5, 0.6) is 0 Å². The van der Waals surface area contributed by atoms with E-state index < -0.39 is 0 Å². The molecule has 0 saturated heterocycles. The second-order valence-corrected chi connectivity index (χ2v) is 3.13. The number of amides is 1. The second-order valence-electron chi connectivity index (χ2n) is 3.13. The van der Waals surface area contributed by atoms with E-state index in [9.17, 15) is 4.79 Å². The molecule has 0 spiro atoms. The maximum absolute atomic E-state index is 11.3. The SMILES string of the molecule is CCCN(C(C)=O)c1ccnc(C)n1. The molecule has 1 aromatic heterocycles. The first-order chi connectivity index (χ1) is 6.65. The summed E-state index contributed by atoms with van der Waals surface area (Å²) < 4.78 is 0. The number of hydrogen-bond donors (Lipinski definition) is 0. The molecule has 4 nitrogen and oxygen atoms in total. The largest absolute Gasteiger partial charge is 0.297 e. The highest BCUT2D eigenvalue weighted by Crippen LogP contribution is 2.10. The molecular weight excluding hydrogens is 178 g/mol. The summed E-state index contributed by atoms with van der Waals surface area (Å²) in [7, 11) is 0. The summed E-state index contributed by atoms with van der Waals surface area (Å²) in [5, 5.41) is 0. The third-order valence-electron chi connectivity index (χ3n) is 1.87. The Kier molecular flexibility index (Phi) is 3.56. The summed E-state index contributed by atoms with van der Waals surface area (Å²) in [5.74, 6) is 1.39. The Labute approximate surface area is 84.0 Å². The van der Waals surface area contributed by atoms with Crippen LogP contribution in [0.4, 0.5) is 5.82 Å². The van der Waals surface area contributed by atoms with E-state index in [1.54, 1.807) is 24.1 Å². The van der Waals surface area contributed by atoms with Crippen LogP contribution in [0.15, 0.2) is 12.3 Å². The first kappa shape index (κ1) is 10.6. The summed E-state index contributed by atoms with van der Waals surface area (Å²) in [4.78, 5) is 21.2. The van der Waals surface area contributed by atoms with Gasteiger partial charge in [-0.15, -0.1) is 0 Å². The lowest BCUT2D eigenvalue weighted by Crippen LogP contribution is -2.30. The van der Waals surface area contributed by atoms with Gasteiger partial charge >= 0.3 is 0 Å². The fraction of sp³-hybridized carbons (Fsp3) is 0.500. The lowest BCUT2D eigenvalue weighted by atomic mass is 10.4. The third-order valence-corrected chi connectivity index (χ3v) is 1.87. The zero-order valence-electron chi connectivity index (χ0n) is 8.82. The van der Waals surface area contributed by atoms with Crippen LogP contribution >= 0.6 is 0 Å². The monoisotopic (exact) mass is 193 g/mol. The molecule has 0 saturated carbocycles. The molecule has 0 N–H and O–H groups in total. The van der Waals surface area contributed by atoms with E-state index in [-0.39, 0.29) is 5.91 Å². The maximum atomic E-state index is 11.3. The van der Waals surface area contributed by atoms with Crippen molar-refractivity contribution >= 4 is 11.7 Å². The topological polar surface area (TPSA) is 46.1 Å². The van der Waals surface area contributed by atoms with E-state index in [1.165, 1.54) is 0 Å². The van der Waals surface area contributed by atoms with Gasteiger partial charge in [-0.2, -0.15) is 0 Å². The average molecular weight is 193 g/mol. The molecule has 0 fully saturated rings. The highest BCUT2D eigenvalue weighted by atomic mass is 16.2. The Morgan fingerprint density at radius 3 is 2.79 bits per heavy atom. The number of aromatic nitrogens is 2. The molecule has 0 unspecified atom stereocenters. The Hall–Kier alpha value is -1.45. The van der Waals surface area contributed by atoms with Crippen LogP contribution in [-0.4, -0.2) is 22.4 Å². The summed E-state index contributed by atoms with van der Waals surface area (Å²) in [6.45, 7) is 6.09. The normalized spacial score (nSPS) is 9.93. The Morgan fingerprint density at radius 2 is 2.29 bits per heavy atom. The van der Waals surface area contributed by atoms with Gasteiger partial charge in [-0.3, -0.25) is 9.69 Å². The number of nitrogens with zero attached hydrogens (tertiary/aromatic N) is 3. The smallest absolute Gasteiger partial charge is 0.225 e. The van der Waals surface area contributed by atoms with Gasteiger partial charge in [0.15, 0.2) is 0 Å². The Morgan fingerprint density at radius 1 is 1.57 bits per heavy atom. The van der Waals surface area contributed by atoms with Gasteiger partial charge in [0.1, 0.15) is 11.6 Å². The van der Waals surface area contributed by atoms with Gasteiger partial charge in [0.2, 0.25) is 5.91 Å². The molecule has 4 heteroatoms. The van der Waals surface area contributed by atoms with Crippen molar-refractivity contribution in [2.45, 2.75) is 27.2 Å². The van der Waals surface area contributed by atoms with Crippen LogP contribution in [0.2, 0.25) is 0 Å². The molecule has 0 aliphatic rings. The summed E-state index contributed by atoms with van der Waals surface area (Å²) >= 11 is 0. The van der Waals surface area contributed by atoms with Crippen LogP contribution in [0.3, 0.4) is 0 Å². The highest BCUT2D eigenvalue weighted by molar-refractivity contribution is 5.90. The fourth-order valence-electron chi connectivity index (χ4n) is 1.25. The molecule has 0 aliphatic heterocycles. The first-order valence-corrected chi connectivity index (χ1v) is 4.73. The van der Waals surface area contributed by atoms with Crippen LogP contribution in [0.1, 0.15) is 26.1 Å². The lowest BCUT2D eigenvalue weighted by Gasteiger charge is -2.18. The van der Waals surface area contributed by atoms with E-state index in [1.807, 2.05) is 13.8 Å². The average Bonchev–Trinajstić information content (AvgIpc) is 2.13. The molecule has 1 amide bonds. The molecule has 0 aliphatic carbocycles. The minimum Gasteiger partial charge on any atom is -0.297 e. The number of carbonyl (C=O) groups is 1. The van der Waals surface area contributed by atoms with Gasteiger partial charge < -0.3 is 0 Å². The minimum atomic E-state index is 0.0185. The predicted molar refractivity (Wildman–Crippen MR) is 55.1 cm³/mol. The first-order valence-electron chi connectivity index (χ1n) is 4.73. The minimum absolute atomic E-state index is 0.0185. The van der Waals surface area contributed by atoms with Gasteiger partial charge in [-0.1, -0.05) is 6.92 Å². The lowest BCUT2D eigenvalue weighted by molar-refractivity contribution is -0.116. The van der Waals surface area contributed by atoms with Gasteiger partial charge in [-0.05, 0) is 19.4 Å². The molecule has 1 aromatic rings. The van der Waals surface area contributed by atoms with E-state index in [0.29, 0.717) is 18.2 Å². The molecule has 0 radical (unpaired) electrons. The van der Waals surface area contributed by atoms with Crippen LogP contribution in [-0.2, 0) is 4.79 Å². The van der Waals surface area contributed by atoms with E-state index in [2.05, 4.69) is 9.97 Å². The number of hydrogen-bond acceptors (Lipinski definition) is 3. The molecule has 0 aromatic carbocycles. The van der Waals surface area contributed by atoms with Crippen molar-refractivity contribution in [1.82, 2.24) is 9.97 Å². The molecule has 14 heavy (non-hydrogen) atoms. The van der Waals surface area contributed by atoms with E-state index in [0.717, 1.165) is 6.42 Å². The summed E-state index contributed by atoms with van der Waals surface area (Å²) in [6, 6.07) is 1.75. The Bertz CT molecular complexity index is 325. The van der Waals surface area contributed by atoms with Crippen LogP contribution < -0.4 is 4.90 Å². The fourth-order valence-corrected chi connectivity index (χ4v) is 1.25. The molecular formula is C10H15N3O. The van der Waals surface area contributed by atoms with Crippen molar-refractivity contribution < 1.29 is 4.79 Å². The van der Waals surface area contributed by atoms with Crippen molar-refractivity contribution in [3.8, 4) is 0 Å². The molecule has 1 rings (SSSR count). The van der Waals surface area contributed by atoms with Crippen molar-refractivity contribution in [2.75, 3.05) is 11.4 Å². The van der Waals surface area contributed by atoms with Crippen molar-refractivity contribution in [1.29, 1.82) is 0 Å². The highest BCUT2D eigenvalue weighted by Gasteiger charge is 2.11. The summed E-state index contributed by atoms with van der Waals surface area (Å²) in [6.07, 6.45) is 2.59. The third kappa shape index (κ3) is 2.52. The number of aryl methyl sites for hydroxylation is 1. The number of carbonyl (C=O) groups excluding carboxylic acids is 1. The van der Waals surface area contributed by atoms with Gasteiger partial charge in [0.25, 0.3) is 0 Å². The molecule has 0 bridgehead atoms. The number of anilines is 1. The standard InChI is InChI=1S/C10H15N3O/c1-4-7-13(9(3)14)10-5-6-11-8(2)12-10/h5-6H,4,7H2,1-3H3. The van der Waals surface area contributed by atoms with Crippen molar-refractivity contribution in [3.05, 3.63) is 18.1 Å². The van der Waals surface area contributed by atoms with Crippen LogP contribution in [0, 0.1) is 6.92 Å². The predicted octanol–water partition coefficient (Wildman–Crippen LogP) is 1.55. The quantitative estimate of drug-likeness (QED) is 0.731. The zero-order chi connectivity index (χ0) is 10.6.